The highest BCUT2D eigenvalue weighted by Gasteiger charge is 2.38. The summed E-state index contributed by atoms with van der Waals surface area (Å²) in [6.45, 7) is 1.99. The quantitative estimate of drug-likeness (QED) is 0.273. The monoisotopic (exact) mass is 427 g/mol. The fourth-order valence-corrected chi connectivity index (χ4v) is 3.27. The molecular formula is C24H20F3NOS. The van der Waals surface area contributed by atoms with Gasteiger partial charge in [-0.25, -0.2) is 13.2 Å². The highest BCUT2D eigenvalue weighted by atomic mass is 32.1. The van der Waals surface area contributed by atoms with Gasteiger partial charge >= 0.3 is 0 Å². The number of hydrogen-bond acceptors (Lipinski definition) is 2. The van der Waals surface area contributed by atoms with Crippen LogP contribution in [0.2, 0.25) is 0 Å². The topological polar surface area (TPSA) is 20.3 Å². The van der Waals surface area contributed by atoms with Gasteiger partial charge in [0.15, 0.2) is 0 Å². The van der Waals surface area contributed by atoms with Gasteiger partial charge in [0.1, 0.15) is 17.5 Å². The van der Waals surface area contributed by atoms with Crippen LogP contribution in [0.5, 0.6) is 0 Å². The summed E-state index contributed by atoms with van der Waals surface area (Å²) in [6.07, 6.45) is 1.23. The van der Waals surface area contributed by atoms with E-state index >= 15 is 0 Å². The van der Waals surface area contributed by atoms with Gasteiger partial charge in [-0.2, -0.15) is 0 Å². The summed E-state index contributed by atoms with van der Waals surface area (Å²) in [5.41, 5.74) is 2.49. The molecule has 3 aromatic carbocycles. The molecule has 0 bridgehead atoms. The van der Waals surface area contributed by atoms with E-state index in [1.54, 1.807) is 41.3 Å². The van der Waals surface area contributed by atoms with Crippen LogP contribution in [0.1, 0.15) is 36.9 Å². The molecule has 1 fully saturated rings. The van der Waals surface area contributed by atoms with Crippen LogP contribution in [0.3, 0.4) is 0 Å². The minimum atomic E-state index is -0.338. The maximum atomic E-state index is 12.9. The lowest BCUT2D eigenvalue weighted by atomic mass is 9.93. The first-order valence-corrected chi connectivity index (χ1v) is 9.91. The highest BCUT2D eigenvalue weighted by Crippen LogP contribution is 2.38. The Kier molecular flexibility index (Phi) is 7.00. The van der Waals surface area contributed by atoms with E-state index < -0.39 is 0 Å². The van der Waals surface area contributed by atoms with Crippen LogP contribution in [0.4, 0.5) is 18.9 Å². The Balaban J connectivity index is 0.000000199. The number of β-lactam (4-membered cyclic amide) rings is 1. The van der Waals surface area contributed by atoms with Crippen LogP contribution in [-0.2, 0) is 4.79 Å². The Hall–Kier alpha value is -2.99. The summed E-state index contributed by atoms with van der Waals surface area (Å²) in [5.74, 6) is -0.869. The molecule has 1 amide bonds. The minimum Gasteiger partial charge on any atom is -0.304 e. The zero-order chi connectivity index (χ0) is 21.7. The number of anilines is 1. The third-order valence-electron chi connectivity index (χ3n) is 4.80. The van der Waals surface area contributed by atoms with Crippen molar-refractivity contribution >= 4 is 28.7 Å². The molecule has 1 saturated heterocycles. The summed E-state index contributed by atoms with van der Waals surface area (Å²) in [5, 5.41) is 0. The van der Waals surface area contributed by atoms with Gasteiger partial charge in [-0.15, -0.1) is 0 Å². The molecule has 1 heterocycles. The second kappa shape index (κ2) is 9.67. The second-order valence-corrected chi connectivity index (χ2v) is 7.29. The number of nitrogens with zero attached hydrogens (tertiary/aromatic N) is 1. The number of halogens is 3. The molecule has 4 rings (SSSR count). The molecule has 0 radical (unpaired) electrons. The number of benzene rings is 3. The largest absolute Gasteiger partial charge is 0.304 e. The molecule has 2 nitrogen and oxygen atoms in total. The summed E-state index contributed by atoms with van der Waals surface area (Å²) in [7, 11) is 0. The first-order valence-electron chi connectivity index (χ1n) is 9.51. The fraction of sp³-hybridized carbons (Fsp3) is 0.167. The first-order chi connectivity index (χ1) is 14.4. The number of carbonyl (C=O) groups excluding carboxylic acids is 1. The molecule has 3 aromatic rings. The van der Waals surface area contributed by atoms with Gasteiger partial charge in [-0.05, 0) is 66.1 Å². The Labute approximate surface area is 179 Å². The maximum absolute atomic E-state index is 12.9. The molecule has 0 aliphatic carbocycles. The van der Waals surface area contributed by atoms with Crippen molar-refractivity contribution in [2.75, 3.05) is 4.90 Å². The molecule has 154 valence electrons. The normalized spacial score (nSPS) is 15.1. The third-order valence-corrected chi connectivity index (χ3v) is 5.32. The summed E-state index contributed by atoms with van der Waals surface area (Å²) >= 11 is 5.04. The van der Waals surface area contributed by atoms with E-state index in [1.165, 1.54) is 36.4 Å². The van der Waals surface area contributed by atoms with Crippen molar-refractivity contribution in [3.8, 4) is 0 Å². The number of hydrogen-bond donors (Lipinski definition) is 0. The van der Waals surface area contributed by atoms with E-state index in [9.17, 15) is 18.0 Å². The molecule has 1 atom stereocenters. The second-order valence-electron chi connectivity index (χ2n) is 6.80. The van der Waals surface area contributed by atoms with E-state index in [0.717, 1.165) is 22.4 Å². The van der Waals surface area contributed by atoms with Crippen LogP contribution < -0.4 is 4.90 Å². The molecule has 6 heteroatoms. The molecule has 0 aromatic heterocycles. The van der Waals surface area contributed by atoms with Crippen molar-refractivity contribution < 1.29 is 18.0 Å². The third kappa shape index (κ3) is 5.13. The summed E-state index contributed by atoms with van der Waals surface area (Å²) in [4.78, 5) is 14.2. The summed E-state index contributed by atoms with van der Waals surface area (Å²) in [6, 6.07) is 18.1. The van der Waals surface area contributed by atoms with Gasteiger partial charge < -0.3 is 4.90 Å². The average molecular weight is 427 g/mol. The van der Waals surface area contributed by atoms with E-state index in [4.69, 9.17) is 12.2 Å². The zero-order valence-electron chi connectivity index (χ0n) is 16.3. The Bertz CT molecular complexity index is 1020. The lowest BCUT2D eigenvalue weighted by Gasteiger charge is -2.40. The smallest absolute Gasteiger partial charge is 0.230 e. The SMILES string of the molecule is CCC(=S)c1ccc(F)cc1.O=C1CC(c2ccc(F)cc2)N1c1ccc(F)cc1. The lowest BCUT2D eigenvalue weighted by Crippen LogP contribution is -2.46. The van der Waals surface area contributed by atoms with Crippen molar-refractivity contribution in [1.29, 1.82) is 0 Å². The van der Waals surface area contributed by atoms with Crippen molar-refractivity contribution in [1.82, 2.24) is 0 Å². The highest BCUT2D eigenvalue weighted by molar-refractivity contribution is 7.80. The van der Waals surface area contributed by atoms with E-state index in [-0.39, 0.29) is 29.4 Å². The van der Waals surface area contributed by atoms with Crippen molar-refractivity contribution in [3.05, 3.63) is 101 Å². The molecule has 0 spiro atoms. The Morgan fingerprint density at radius 1 is 0.867 bits per heavy atom. The number of amides is 1. The minimum absolute atomic E-state index is 0.0130. The number of thiocarbonyl (C=S) groups is 1. The van der Waals surface area contributed by atoms with E-state index in [2.05, 4.69) is 0 Å². The molecule has 30 heavy (non-hydrogen) atoms. The van der Waals surface area contributed by atoms with Crippen LogP contribution >= 0.6 is 12.2 Å². The molecule has 1 aliphatic heterocycles. The van der Waals surface area contributed by atoms with Gasteiger partial charge in [0, 0.05) is 10.6 Å². The number of carbonyl (C=O) groups is 1. The fourth-order valence-electron chi connectivity index (χ4n) is 3.13. The molecule has 1 aliphatic rings. The zero-order valence-corrected chi connectivity index (χ0v) is 17.1. The van der Waals surface area contributed by atoms with Gasteiger partial charge in [0.25, 0.3) is 0 Å². The van der Waals surface area contributed by atoms with Crippen molar-refractivity contribution in [3.63, 3.8) is 0 Å². The van der Waals surface area contributed by atoms with Crippen LogP contribution in [0.15, 0.2) is 72.8 Å². The summed E-state index contributed by atoms with van der Waals surface area (Å²) < 4.78 is 38.2. The van der Waals surface area contributed by atoms with Gasteiger partial charge in [-0.1, -0.05) is 43.4 Å². The van der Waals surface area contributed by atoms with Crippen LogP contribution in [-0.4, -0.2) is 10.8 Å². The average Bonchev–Trinajstić information content (AvgIpc) is 2.75. The van der Waals surface area contributed by atoms with Crippen LogP contribution in [0, 0.1) is 17.5 Å². The maximum Gasteiger partial charge on any atom is 0.230 e. The predicted molar refractivity (Wildman–Crippen MR) is 116 cm³/mol. The van der Waals surface area contributed by atoms with E-state index in [1.807, 2.05) is 6.92 Å². The first kappa shape index (κ1) is 21.7. The van der Waals surface area contributed by atoms with Gasteiger partial charge in [-0.3, -0.25) is 4.79 Å². The van der Waals surface area contributed by atoms with E-state index in [0.29, 0.717) is 12.1 Å². The molecule has 0 saturated carbocycles. The van der Waals surface area contributed by atoms with Gasteiger partial charge in [0.05, 0.1) is 12.5 Å². The van der Waals surface area contributed by atoms with Crippen LogP contribution in [0.25, 0.3) is 0 Å². The van der Waals surface area contributed by atoms with Crippen molar-refractivity contribution in [2.45, 2.75) is 25.8 Å². The lowest BCUT2D eigenvalue weighted by molar-refractivity contribution is -0.124. The standard InChI is InChI=1S/C15H11F2NO.C9H9FS/c16-11-3-1-10(2-4-11)14-9-15(19)18(14)13-7-5-12(17)6-8-13;1-2-9(11)7-3-5-8(10)6-4-7/h1-8,14H,9H2;3-6H,2H2,1H3. The Morgan fingerprint density at radius 2 is 1.33 bits per heavy atom. The van der Waals surface area contributed by atoms with Crippen molar-refractivity contribution in [2.24, 2.45) is 0 Å². The number of rotatable bonds is 4. The predicted octanol–water partition coefficient (Wildman–Crippen LogP) is 6.40. The van der Waals surface area contributed by atoms with Gasteiger partial charge in [0.2, 0.25) is 5.91 Å². The molecule has 1 unspecified atom stereocenters. The Morgan fingerprint density at radius 3 is 1.80 bits per heavy atom. The molecule has 0 N–H and O–H groups in total. The molecular weight excluding hydrogens is 407 g/mol.